The highest BCUT2D eigenvalue weighted by molar-refractivity contribution is 9.11. The molecule has 0 fully saturated rings. The highest BCUT2D eigenvalue weighted by atomic mass is 79.9. The van der Waals surface area contributed by atoms with Crippen LogP contribution in [0.5, 0.6) is 0 Å². The average Bonchev–Trinajstić information content (AvgIpc) is 2.38. The van der Waals surface area contributed by atoms with Gasteiger partial charge in [0, 0.05) is 8.95 Å². The number of halogens is 4. The predicted molar refractivity (Wildman–Crippen MR) is 89.4 cm³/mol. The summed E-state index contributed by atoms with van der Waals surface area (Å²) in [5, 5.41) is -0.165. The van der Waals surface area contributed by atoms with Crippen LogP contribution in [0.4, 0.5) is 5.69 Å². The molecule has 0 saturated carbocycles. The van der Waals surface area contributed by atoms with Crippen molar-refractivity contribution < 1.29 is 8.42 Å². The van der Waals surface area contributed by atoms with Crippen molar-refractivity contribution >= 4 is 70.8 Å². The van der Waals surface area contributed by atoms with Gasteiger partial charge in [0.1, 0.15) is 16.9 Å². The van der Waals surface area contributed by atoms with Gasteiger partial charge < -0.3 is 0 Å². The van der Waals surface area contributed by atoms with Crippen LogP contribution in [0.25, 0.3) is 0 Å². The third kappa shape index (κ3) is 3.68. The van der Waals surface area contributed by atoms with Crippen LogP contribution < -0.4 is 4.72 Å². The van der Waals surface area contributed by atoms with Gasteiger partial charge in [-0.3, -0.25) is 4.72 Å². The highest BCUT2D eigenvalue weighted by Gasteiger charge is 2.22. The first kappa shape index (κ1) is 17.0. The quantitative estimate of drug-likeness (QED) is 0.667. The lowest BCUT2D eigenvalue weighted by Gasteiger charge is -2.12. The van der Waals surface area contributed by atoms with E-state index in [4.69, 9.17) is 23.2 Å². The zero-order valence-electron chi connectivity index (χ0n) is 10.4. The summed E-state index contributed by atoms with van der Waals surface area (Å²) in [6.45, 7) is 1.84. The molecule has 1 N–H and O–H groups in total. The number of hydrogen-bond acceptors (Lipinski definition) is 4. The lowest BCUT2D eigenvalue weighted by atomic mass is 10.2. The van der Waals surface area contributed by atoms with Crippen LogP contribution in [0.1, 0.15) is 5.56 Å². The molecule has 2 aromatic rings. The Morgan fingerprint density at radius 1 is 1.10 bits per heavy atom. The van der Waals surface area contributed by atoms with E-state index in [1.165, 1.54) is 6.07 Å². The van der Waals surface area contributed by atoms with Crippen LogP contribution in [-0.2, 0) is 10.0 Å². The van der Waals surface area contributed by atoms with E-state index in [0.717, 1.165) is 11.9 Å². The molecule has 1 heterocycles. The summed E-state index contributed by atoms with van der Waals surface area (Å²) >= 11 is 18.2. The number of nitrogens with zero attached hydrogens (tertiary/aromatic N) is 2. The summed E-state index contributed by atoms with van der Waals surface area (Å²) < 4.78 is 28.3. The standard InChI is InChI=1S/C11H7Br2Cl2N3O2S/c1-5-2-7(13)8(3-6(5)12)21(19,20)18-9-10(14)16-4-17-11(9)15/h2-4,18H,1H3. The molecule has 2 rings (SSSR count). The van der Waals surface area contributed by atoms with Gasteiger partial charge in [-0.1, -0.05) is 39.1 Å². The molecule has 0 radical (unpaired) electrons. The maximum absolute atomic E-state index is 12.5. The van der Waals surface area contributed by atoms with Gasteiger partial charge in [0.05, 0.1) is 0 Å². The predicted octanol–water partition coefficient (Wildman–Crippen LogP) is 4.42. The fourth-order valence-corrected chi connectivity index (χ4v) is 4.73. The molecule has 10 heteroatoms. The van der Waals surface area contributed by atoms with Crippen molar-refractivity contribution in [1.82, 2.24) is 9.97 Å². The second-order valence-electron chi connectivity index (χ2n) is 3.97. The topological polar surface area (TPSA) is 72.0 Å². The number of anilines is 1. The van der Waals surface area contributed by atoms with E-state index in [0.29, 0.717) is 8.95 Å². The third-order valence-electron chi connectivity index (χ3n) is 2.49. The van der Waals surface area contributed by atoms with Crippen molar-refractivity contribution in [2.24, 2.45) is 0 Å². The smallest absolute Gasteiger partial charge is 0.263 e. The molecular weight excluding hydrogens is 469 g/mol. The molecule has 0 amide bonds. The summed E-state index contributed by atoms with van der Waals surface area (Å²) in [7, 11) is -3.90. The molecule has 0 saturated heterocycles. The minimum absolute atomic E-state index is 0.0379. The first-order valence-corrected chi connectivity index (χ1v) is 9.19. The monoisotopic (exact) mass is 473 g/mol. The van der Waals surface area contributed by atoms with Gasteiger partial charge in [0.2, 0.25) is 0 Å². The van der Waals surface area contributed by atoms with Gasteiger partial charge in [-0.15, -0.1) is 0 Å². The number of aryl methyl sites for hydroxylation is 1. The maximum Gasteiger partial charge on any atom is 0.263 e. The molecule has 5 nitrogen and oxygen atoms in total. The van der Waals surface area contributed by atoms with E-state index < -0.39 is 10.0 Å². The van der Waals surface area contributed by atoms with Gasteiger partial charge in [-0.05, 0) is 40.5 Å². The SMILES string of the molecule is Cc1cc(Br)c(S(=O)(=O)Nc2c(Cl)ncnc2Cl)cc1Br. The number of rotatable bonds is 3. The molecule has 1 aromatic carbocycles. The molecule has 1 aromatic heterocycles. The molecule has 0 aliphatic rings. The Morgan fingerprint density at radius 2 is 1.67 bits per heavy atom. The summed E-state index contributed by atoms with van der Waals surface area (Å²) in [5.41, 5.74) is 0.823. The van der Waals surface area contributed by atoms with Crippen LogP contribution in [0.3, 0.4) is 0 Å². The van der Waals surface area contributed by atoms with Crippen molar-refractivity contribution in [2.45, 2.75) is 11.8 Å². The normalized spacial score (nSPS) is 11.5. The van der Waals surface area contributed by atoms with E-state index in [9.17, 15) is 8.42 Å². The van der Waals surface area contributed by atoms with Crippen LogP contribution >= 0.6 is 55.1 Å². The number of sulfonamides is 1. The van der Waals surface area contributed by atoms with Crippen molar-refractivity contribution in [3.8, 4) is 0 Å². The van der Waals surface area contributed by atoms with Crippen LogP contribution in [0, 0.1) is 6.92 Å². The number of nitrogens with one attached hydrogen (secondary N) is 1. The Bertz CT molecular complexity index is 795. The Morgan fingerprint density at radius 3 is 2.24 bits per heavy atom. The summed E-state index contributed by atoms with van der Waals surface area (Å²) in [5.74, 6) is 0. The van der Waals surface area contributed by atoms with Crippen LogP contribution in [-0.4, -0.2) is 18.4 Å². The van der Waals surface area contributed by atoms with E-state index in [1.807, 2.05) is 6.92 Å². The summed E-state index contributed by atoms with van der Waals surface area (Å²) in [4.78, 5) is 7.43. The summed E-state index contributed by atoms with van der Waals surface area (Å²) in [6.07, 6.45) is 1.14. The number of aromatic nitrogens is 2. The second kappa shape index (κ2) is 6.37. The first-order valence-electron chi connectivity index (χ1n) is 5.37. The zero-order chi connectivity index (χ0) is 15.8. The van der Waals surface area contributed by atoms with Gasteiger partial charge in [0.15, 0.2) is 10.3 Å². The van der Waals surface area contributed by atoms with Crippen LogP contribution in [0.2, 0.25) is 10.3 Å². The van der Waals surface area contributed by atoms with Crippen molar-refractivity contribution in [1.29, 1.82) is 0 Å². The van der Waals surface area contributed by atoms with E-state index in [1.54, 1.807) is 6.07 Å². The van der Waals surface area contributed by atoms with E-state index in [-0.39, 0.29) is 20.9 Å². The average molecular weight is 476 g/mol. The van der Waals surface area contributed by atoms with Gasteiger partial charge in [-0.25, -0.2) is 18.4 Å². The van der Waals surface area contributed by atoms with Crippen molar-refractivity contribution in [3.05, 3.63) is 43.3 Å². The molecule has 0 aliphatic carbocycles. The lowest BCUT2D eigenvalue weighted by Crippen LogP contribution is -2.15. The Balaban J connectivity index is 2.51. The van der Waals surface area contributed by atoms with E-state index >= 15 is 0 Å². The van der Waals surface area contributed by atoms with Crippen molar-refractivity contribution in [3.63, 3.8) is 0 Å². The van der Waals surface area contributed by atoms with Gasteiger partial charge in [0.25, 0.3) is 10.0 Å². The van der Waals surface area contributed by atoms with Gasteiger partial charge in [-0.2, -0.15) is 0 Å². The zero-order valence-corrected chi connectivity index (χ0v) is 15.9. The minimum Gasteiger partial charge on any atom is -0.274 e. The minimum atomic E-state index is -3.90. The molecule has 0 spiro atoms. The molecule has 0 atom stereocenters. The van der Waals surface area contributed by atoms with E-state index in [2.05, 4.69) is 46.5 Å². The molecule has 0 unspecified atom stereocenters. The van der Waals surface area contributed by atoms with Crippen molar-refractivity contribution in [2.75, 3.05) is 4.72 Å². The largest absolute Gasteiger partial charge is 0.274 e. The van der Waals surface area contributed by atoms with Gasteiger partial charge >= 0.3 is 0 Å². The lowest BCUT2D eigenvalue weighted by molar-refractivity contribution is 0.600. The molecular formula is C11H7Br2Cl2N3O2S. The maximum atomic E-state index is 12.5. The second-order valence-corrected chi connectivity index (χ2v) is 8.04. The Kier molecular flexibility index (Phi) is 5.15. The number of benzene rings is 1. The Hall–Kier alpha value is -0.410. The Labute approximate surface area is 148 Å². The molecule has 21 heavy (non-hydrogen) atoms. The fraction of sp³-hybridized carbons (Fsp3) is 0.0909. The van der Waals surface area contributed by atoms with Crippen LogP contribution in [0.15, 0.2) is 32.3 Å². The molecule has 0 aliphatic heterocycles. The highest BCUT2D eigenvalue weighted by Crippen LogP contribution is 2.33. The summed E-state index contributed by atoms with van der Waals surface area (Å²) in [6, 6.07) is 3.16. The fourth-order valence-electron chi connectivity index (χ4n) is 1.45. The molecule has 112 valence electrons. The third-order valence-corrected chi connectivity index (χ3v) is 6.23. The number of hydrogen-bond donors (Lipinski definition) is 1. The molecule has 0 bridgehead atoms. The first-order chi connectivity index (χ1) is 9.72.